The lowest BCUT2D eigenvalue weighted by atomic mass is 10.3. The van der Waals surface area contributed by atoms with Crippen LogP contribution in [-0.2, 0) is 6.54 Å². The number of nitrogens with one attached hydrogen (secondary N) is 2. The molecule has 0 atom stereocenters. The van der Waals surface area contributed by atoms with Crippen molar-refractivity contribution in [2.45, 2.75) is 19.4 Å². The van der Waals surface area contributed by atoms with Gasteiger partial charge in [-0.15, -0.1) is 0 Å². The Hall–Kier alpha value is -3.40. The van der Waals surface area contributed by atoms with Gasteiger partial charge >= 0.3 is 6.09 Å². The van der Waals surface area contributed by atoms with Gasteiger partial charge in [0, 0.05) is 50.5 Å². The molecule has 4 heterocycles. The second kappa shape index (κ2) is 9.61. The molecule has 1 amide bonds. The molecule has 1 fully saturated rings. The fourth-order valence-electron chi connectivity index (χ4n) is 3.71. The highest BCUT2D eigenvalue weighted by molar-refractivity contribution is 5.76. The smallest absolute Gasteiger partial charge is 0.404 e. The third-order valence-corrected chi connectivity index (χ3v) is 5.40. The number of hydrogen-bond donors (Lipinski definition) is 3. The molecule has 1 aliphatic heterocycles. The average molecular weight is 425 g/mol. The summed E-state index contributed by atoms with van der Waals surface area (Å²) in [4.78, 5) is 28.9. The van der Waals surface area contributed by atoms with Gasteiger partial charge in [0.2, 0.25) is 5.95 Å². The number of pyridine rings is 1. The van der Waals surface area contributed by atoms with Crippen molar-refractivity contribution in [1.82, 2.24) is 29.7 Å². The number of anilines is 3. The quantitative estimate of drug-likeness (QED) is 0.496. The molecule has 10 heteroatoms. The van der Waals surface area contributed by atoms with Crippen molar-refractivity contribution < 1.29 is 9.90 Å². The minimum atomic E-state index is -1.01. The van der Waals surface area contributed by atoms with E-state index in [0.29, 0.717) is 25.5 Å². The third kappa shape index (κ3) is 5.40. The van der Waals surface area contributed by atoms with Gasteiger partial charge in [0.1, 0.15) is 11.5 Å². The molecule has 0 saturated carbocycles. The van der Waals surface area contributed by atoms with E-state index < -0.39 is 6.09 Å². The fourth-order valence-corrected chi connectivity index (χ4v) is 3.71. The van der Waals surface area contributed by atoms with E-state index >= 15 is 0 Å². The maximum atomic E-state index is 10.6. The van der Waals surface area contributed by atoms with E-state index in [0.717, 1.165) is 55.1 Å². The number of hydrogen-bond acceptors (Lipinski definition) is 7. The molecule has 3 aromatic rings. The highest BCUT2D eigenvalue weighted by Crippen LogP contribution is 2.20. The van der Waals surface area contributed by atoms with Gasteiger partial charge in [-0.25, -0.2) is 14.8 Å². The summed E-state index contributed by atoms with van der Waals surface area (Å²) in [5.74, 6) is 1.49. The topological polar surface area (TPSA) is 111 Å². The number of aryl methyl sites for hydroxylation is 1. The summed E-state index contributed by atoms with van der Waals surface area (Å²) in [7, 11) is 2.16. The number of likely N-dealkylation sites (N-methyl/N-ethyl adjacent to an activating group) is 1. The summed E-state index contributed by atoms with van der Waals surface area (Å²) in [5.41, 5.74) is 1.64. The first-order valence-corrected chi connectivity index (χ1v) is 10.5. The number of amides is 1. The molecular formula is C21H28N8O2. The standard InChI is InChI=1S/C21H28N8O2/c1-27-8-3-10-28(13-12-27)18-5-4-17(15-23-18)25-20-24-14-16-6-11-29(19(16)26-20)9-2-7-22-21(30)31/h4-6,11,14-15,22H,2-3,7-10,12-13H2,1H3,(H,30,31)(H,24,25,26). The molecule has 1 aliphatic rings. The Morgan fingerprint density at radius 2 is 2.03 bits per heavy atom. The lowest BCUT2D eigenvalue weighted by Crippen LogP contribution is -2.29. The summed E-state index contributed by atoms with van der Waals surface area (Å²) in [6.07, 6.45) is 6.35. The van der Waals surface area contributed by atoms with Crippen molar-refractivity contribution in [3.05, 3.63) is 36.8 Å². The van der Waals surface area contributed by atoms with Crippen LogP contribution < -0.4 is 15.5 Å². The minimum Gasteiger partial charge on any atom is -0.465 e. The molecular weight excluding hydrogens is 396 g/mol. The first-order valence-electron chi connectivity index (χ1n) is 10.5. The van der Waals surface area contributed by atoms with Crippen molar-refractivity contribution in [3.63, 3.8) is 0 Å². The molecule has 10 nitrogen and oxygen atoms in total. The monoisotopic (exact) mass is 424 g/mol. The van der Waals surface area contributed by atoms with Crippen LogP contribution in [0.1, 0.15) is 12.8 Å². The van der Waals surface area contributed by atoms with Crippen LogP contribution in [0.4, 0.5) is 22.2 Å². The molecule has 0 radical (unpaired) electrons. The Balaban J connectivity index is 1.41. The first kappa shape index (κ1) is 20.9. The van der Waals surface area contributed by atoms with E-state index in [2.05, 4.69) is 42.4 Å². The number of carboxylic acid groups (broad SMARTS) is 1. The number of aromatic nitrogens is 4. The number of rotatable bonds is 7. The summed E-state index contributed by atoms with van der Waals surface area (Å²) in [6.45, 7) is 5.23. The molecule has 1 saturated heterocycles. The second-order valence-corrected chi connectivity index (χ2v) is 7.74. The molecule has 3 N–H and O–H groups in total. The highest BCUT2D eigenvalue weighted by Gasteiger charge is 2.13. The van der Waals surface area contributed by atoms with Gasteiger partial charge in [-0.3, -0.25) is 0 Å². The van der Waals surface area contributed by atoms with Crippen LogP contribution in [0.2, 0.25) is 0 Å². The van der Waals surface area contributed by atoms with Crippen LogP contribution in [0.15, 0.2) is 36.8 Å². The Kier molecular flexibility index (Phi) is 6.46. The molecule has 31 heavy (non-hydrogen) atoms. The lowest BCUT2D eigenvalue weighted by molar-refractivity contribution is 0.194. The van der Waals surface area contributed by atoms with E-state index in [4.69, 9.17) is 5.11 Å². The number of carbonyl (C=O) groups is 1. The summed E-state index contributed by atoms with van der Waals surface area (Å²) < 4.78 is 2.00. The SMILES string of the molecule is CN1CCCN(c2ccc(Nc3ncc4ccn(CCCNC(=O)O)c4n3)cn2)CC1. The Bertz CT molecular complexity index is 1020. The van der Waals surface area contributed by atoms with Crippen LogP contribution in [0, 0.1) is 0 Å². The number of nitrogens with zero attached hydrogens (tertiary/aromatic N) is 6. The zero-order valence-electron chi connectivity index (χ0n) is 17.7. The van der Waals surface area contributed by atoms with Crippen LogP contribution in [0.25, 0.3) is 11.0 Å². The summed E-state index contributed by atoms with van der Waals surface area (Å²) >= 11 is 0. The minimum absolute atomic E-state index is 0.399. The predicted molar refractivity (Wildman–Crippen MR) is 120 cm³/mol. The van der Waals surface area contributed by atoms with E-state index in [1.165, 1.54) is 0 Å². The van der Waals surface area contributed by atoms with E-state index in [-0.39, 0.29) is 0 Å². The fraction of sp³-hybridized carbons (Fsp3) is 0.429. The maximum Gasteiger partial charge on any atom is 0.404 e. The second-order valence-electron chi connectivity index (χ2n) is 7.74. The predicted octanol–water partition coefficient (Wildman–Crippen LogP) is 2.37. The van der Waals surface area contributed by atoms with Crippen molar-refractivity contribution in [3.8, 4) is 0 Å². The average Bonchev–Trinajstić information content (AvgIpc) is 3.03. The summed E-state index contributed by atoms with van der Waals surface area (Å²) in [5, 5.41) is 15.2. The van der Waals surface area contributed by atoms with Crippen LogP contribution in [-0.4, -0.2) is 75.4 Å². The van der Waals surface area contributed by atoms with Gasteiger partial charge in [0.05, 0.1) is 11.9 Å². The highest BCUT2D eigenvalue weighted by atomic mass is 16.4. The first-order chi connectivity index (χ1) is 15.1. The molecule has 0 bridgehead atoms. The van der Waals surface area contributed by atoms with Crippen molar-refractivity contribution >= 4 is 34.6 Å². The van der Waals surface area contributed by atoms with Gasteiger partial charge in [0.15, 0.2) is 0 Å². The molecule has 164 valence electrons. The lowest BCUT2D eigenvalue weighted by Gasteiger charge is -2.21. The normalized spacial score (nSPS) is 15.1. The van der Waals surface area contributed by atoms with Gasteiger partial charge < -0.3 is 30.1 Å². The summed E-state index contributed by atoms with van der Waals surface area (Å²) in [6, 6.07) is 5.99. The Morgan fingerprint density at radius 3 is 2.84 bits per heavy atom. The van der Waals surface area contributed by atoms with Crippen LogP contribution in [0.5, 0.6) is 0 Å². The molecule has 0 unspecified atom stereocenters. The van der Waals surface area contributed by atoms with Gasteiger partial charge in [-0.05, 0) is 44.6 Å². The van der Waals surface area contributed by atoms with Crippen LogP contribution >= 0.6 is 0 Å². The van der Waals surface area contributed by atoms with E-state index in [1.807, 2.05) is 35.2 Å². The zero-order valence-corrected chi connectivity index (χ0v) is 17.7. The van der Waals surface area contributed by atoms with Crippen molar-refractivity contribution in [2.24, 2.45) is 0 Å². The van der Waals surface area contributed by atoms with E-state index in [1.54, 1.807) is 6.20 Å². The molecule has 0 aliphatic carbocycles. The molecule has 0 spiro atoms. The zero-order chi connectivity index (χ0) is 21.6. The Labute approximate surface area is 180 Å². The largest absolute Gasteiger partial charge is 0.465 e. The third-order valence-electron chi connectivity index (χ3n) is 5.40. The Morgan fingerprint density at radius 1 is 1.13 bits per heavy atom. The van der Waals surface area contributed by atoms with E-state index in [9.17, 15) is 4.79 Å². The molecule has 0 aromatic carbocycles. The van der Waals surface area contributed by atoms with Crippen LogP contribution in [0.3, 0.4) is 0 Å². The maximum absolute atomic E-state index is 10.6. The van der Waals surface area contributed by atoms with Gasteiger partial charge in [0.25, 0.3) is 0 Å². The number of fused-ring (bicyclic) bond motifs is 1. The molecule has 3 aromatic heterocycles. The van der Waals surface area contributed by atoms with Crippen molar-refractivity contribution in [1.29, 1.82) is 0 Å². The van der Waals surface area contributed by atoms with Gasteiger partial charge in [-0.2, -0.15) is 4.98 Å². The van der Waals surface area contributed by atoms with Gasteiger partial charge in [-0.1, -0.05) is 0 Å². The molecule has 4 rings (SSSR count). The van der Waals surface area contributed by atoms with Crippen molar-refractivity contribution in [2.75, 3.05) is 50.0 Å².